The van der Waals surface area contributed by atoms with Gasteiger partial charge in [0.1, 0.15) is 0 Å². The van der Waals surface area contributed by atoms with E-state index in [1.54, 1.807) is 0 Å². The lowest BCUT2D eigenvalue weighted by Gasteiger charge is -2.25. The smallest absolute Gasteiger partial charge is 0.0705 e. The maximum Gasteiger partial charge on any atom is 0.0705 e. The Morgan fingerprint density at radius 2 is 2.24 bits per heavy atom. The topological polar surface area (TPSA) is 24.9 Å². The highest BCUT2D eigenvalue weighted by molar-refractivity contribution is 9.11. The summed E-state index contributed by atoms with van der Waals surface area (Å²) in [7, 11) is 0. The van der Waals surface area contributed by atoms with Gasteiger partial charge in [-0.2, -0.15) is 0 Å². The second-order valence-electron chi connectivity index (χ2n) is 5.42. The number of halogens is 1. The minimum Gasteiger partial charge on any atom is -0.378 e. The summed E-state index contributed by atoms with van der Waals surface area (Å²) in [5.74, 6) is 0. The van der Waals surface area contributed by atoms with Gasteiger partial charge in [-0.15, -0.1) is 11.3 Å². The van der Waals surface area contributed by atoms with Crippen LogP contribution in [0.3, 0.4) is 0 Å². The molecule has 4 rings (SSSR count). The molecular formula is C17H15BrN2S. The van der Waals surface area contributed by atoms with Crippen LogP contribution in [0, 0.1) is 0 Å². The lowest BCUT2D eigenvalue weighted by atomic mass is 9.93. The highest BCUT2D eigenvalue weighted by atomic mass is 79.9. The molecule has 1 aliphatic carbocycles. The third-order valence-corrected chi connectivity index (χ3v) is 5.81. The first kappa shape index (κ1) is 13.3. The van der Waals surface area contributed by atoms with E-state index in [9.17, 15) is 0 Å². The number of aryl methyl sites for hydroxylation is 1. The van der Waals surface area contributed by atoms with E-state index in [-0.39, 0.29) is 0 Å². The predicted octanol–water partition coefficient (Wildman–Crippen LogP) is 5.55. The van der Waals surface area contributed by atoms with Crippen molar-refractivity contribution in [1.29, 1.82) is 0 Å². The van der Waals surface area contributed by atoms with E-state index in [1.165, 1.54) is 49.9 Å². The number of thiophene rings is 1. The van der Waals surface area contributed by atoms with Gasteiger partial charge in [-0.25, -0.2) is 0 Å². The highest BCUT2D eigenvalue weighted by Crippen LogP contribution is 2.40. The van der Waals surface area contributed by atoms with Gasteiger partial charge in [-0.05, 0) is 64.3 Å². The zero-order valence-electron chi connectivity index (χ0n) is 11.5. The van der Waals surface area contributed by atoms with Crippen molar-refractivity contribution in [2.75, 3.05) is 5.32 Å². The maximum atomic E-state index is 4.27. The third-order valence-electron chi connectivity index (χ3n) is 4.10. The van der Waals surface area contributed by atoms with Crippen LogP contribution in [0.4, 0.5) is 5.69 Å². The molecule has 0 bridgehead atoms. The summed E-state index contributed by atoms with van der Waals surface area (Å²) in [5, 5.41) is 6.17. The standard InChI is InChI=1S/C17H15BrN2S/c18-17-9-12-14(5-2-6-16(12)21-17)20-15-4-1-3-11-7-8-19-10-13(11)15/h1,3-4,7-10,14,20H,2,5-6H2. The van der Waals surface area contributed by atoms with Gasteiger partial charge in [0.25, 0.3) is 0 Å². The lowest BCUT2D eigenvalue weighted by molar-refractivity contribution is 0.609. The van der Waals surface area contributed by atoms with E-state index in [2.05, 4.69) is 56.6 Å². The molecule has 1 N–H and O–H groups in total. The zero-order valence-corrected chi connectivity index (χ0v) is 13.9. The van der Waals surface area contributed by atoms with Gasteiger partial charge in [0, 0.05) is 28.3 Å². The first-order valence-electron chi connectivity index (χ1n) is 7.18. The average molecular weight is 359 g/mol. The van der Waals surface area contributed by atoms with Crippen molar-refractivity contribution >= 4 is 43.7 Å². The number of nitrogens with one attached hydrogen (secondary N) is 1. The molecule has 2 heterocycles. The summed E-state index contributed by atoms with van der Waals surface area (Å²) in [6.45, 7) is 0. The van der Waals surface area contributed by atoms with Crippen molar-refractivity contribution in [1.82, 2.24) is 4.98 Å². The molecule has 106 valence electrons. The van der Waals surface area contributed by atoms with E-state index in [1.807, 2.05) is 23.7 Å². The third kappa shape index (κ3) is 2.47. The quantitative estimate of drug-likeness (QED) is 0.649. The molecule has 1 atom stereocenters. The largest absolute Gasteiger partial charge is 0.378 e. The number of nitrogens with zero attached hydrogens (tertiary/aromatic N) is 1. The van der Waals surface area contributed by atoms with Gasteiger partial charge in [-0.3, -0.25) is 4.98 Å². The van der Waals surface area contributed by atoms with Gasteiger partial charge < -0.3 is 5.32 Å². The fraction of sp³-hybridized carbons (Fsp3) is 0.235. The van der Waals surface area contributed by atoms with Crippen LogP contribution in [0.15, 0.2) is 46.5 Å². The van der Waals surface area contributed by atoms with Crippen molar-refractivity contribution in [3.8, 4) is 0 Å². The fourth-order valence-electron chi connectivity index (χ4n) is 3.10. The number of anilines is 1. The van der Waals surface area contributed by atoms with E-state index < -0.39 is 0 Å². The first-order valence-corrected chi connectivity index (χ1v) is 8.79. The van der Waals surface area contributed by atoms with Crippen LogP contribution in [0.1, 0.15) is 29.3 Å². The number of aromatic nitrogens is 1. The summed E-state index contributed by atoms with van der Waals surface area (Å²) in [6.07, 6.45) is 7.44. The molecular weight excluding hydrogens is 344 g/mol. The SMILES string of the molecule is Brc1cc2c(s1)CCCC2Nc1cccc2ccncc12. The van der Waals surface area contributed by atoms with Crippen LogP contribution in [0.2, 0.25) is 0 Å². The first-order chi connectivity index (χ1) is 10.3. The summed E-state index contributed by atoms with van der Waals surface area (Å²) < 4.78 is 1.24. The molecule has 1 aromatic carbocycles. The highest BCUT2D eigenvalue weighted by Gasteiger charge is 2.22. The Hall–Kier alpha value is -1.39. The molecule has 3 aromatic rings. The van der Waals surface area contributed by atoms with E-state index in [0.29, 0.717) is 6.04 Å². The van der Waals surface area contributed by atoms with Crippen LogP contribution >= 0.6 is 27.3 Å². The zero-order chi connectivity index (χ0) is 14.2. The van der Waals surface area contributed by atoms with Crippen LogP contribution in [0.25, 0.3) is 10.8 Å². The second kappa shape index (κ2) is 5.43. The molecule has 2 nitrogen and oxygen atoms in total. The Labute approximate surface area is 136 Å². The normalized spacial score (nSPS) is 17.7. The predicted molar refractivity (Wildman–Crippen MR) is 93.1 cm³/mol. The van der Waals surface area contributed by atoms with Crippen molar-refractivity contribution in [2.45, 2.75) is 25.3 Å². The molecule has 0 radical (unpaired) electrons. The van der Waals surface area contributed by atoms with Crippen molar-refractivity contribution in [2.24, 2.45) is 0 Å². The summed E-state index contributed by atoms with van der Waals surface area (Å²) >= 11 is 5.50. The average Bonchev–Trinajstić information content (AvgIpc) is 2.89. The fourth-order valence-corrected chi connectivity index (χ4v) is 4.92. The molecule has 0 aliphatic heterocycles. The Morgan fingerprint density at radius 1 is 1.29 bits per heavy atom. The Morgan fingerprint density at radius 3 is 3.19 bits per heavy atom. The van der Waals surface area contributed by atoms with Crippen LogP contribution in [0.5, 0.6) is 0 Å². The molecule has 0 spiro atoms. The number of pyridine rings is 1. The maximum absolute atomic E-state index is 4.27. The minimum absolute atomic E-state index is 0.405. The number of hydrogen-bond acceptors (Lipinski definition) is 3. The van der Waals surface area contributed by atoms with Crippen LogP contribution in [-0.2, 0) is 6.42 Å². The minimum atomic E-state index is 0.405. The molecule has 21 heavy (non-hydrogen) atoms. The Kier molecular flexibility index (Phi) is 3.43. The number of benzene rings is 1. The monoisotopic (exact) mass is 358 g/mol. The molecule has 2 aromatic heterocycles. The lowest BCUT2D eigenvalue weighted by Crippen LogP contribution is -2.15. The van der Waals surface area contributed by atoms with Crippen LogP contribution in [-0.4, -0.2) is 4.98 Å². The molecule has 1 unspecified atom stereocenters. The van der Waals surface area contributed by atoms with Gasteiger partial charge in [-0.1, -0.05) is 12.1 Å². The van der Waals surface area contributed by atoms with E-state index in [4.69, 9.17) is 0 Å². The molecule has 1 aliphatic rings. The van der Waals surface area contributed by atoms with Crippen molar-refractivity contribution in [3.05, 3.63) is 57.0 Å². The van der Waals surface area contributed by atoms with Gasteiger partial charge >= 0.3 is 0 Å². The summed E-state index contributed by atoms with van der Waals surface area (Å²) in [6, 6.07) is 11.1. The molecule has 0 saturated carbocycles. The summed E-state index contributed by atoms with van der Waals surface area (Å²) in [5.41, 5.74) is 2.64. The second-order valence-corrected chi connectivity index (χ2v) is 7.94. The van der Waals surface area contributed by atoms with Crippen LogP contribution < -0.4 is 5.32 Å². The summed E-state index contributed by atoms with van der Waals surface area (Å²) in [4.78, 5) is 5.79. The van der Waals surface area contributed by atoms with Gasteiger partial charge in [0.15, 0.2) is 0 Å². The number of fused-ring (bicyclic) bond motifs is 2. The molecule has 0 amide bonds. The molecule has 0 saturated heterocycles. The molecule has 0 fully saturated rings. The molecule has 4 heteroatoms. The van der Waals surface area contributed by atoms with Gasteiger partial charge in [0.05, 0.1) is 9.83 Å². The van der Waals surface area contributed by atoms with E-state index >= 15 is 0 Å². The van der Waals surface area contributed by atoms with E-state index in [0.717, 1.165) is 0 Å². The van der Waals surface area contributed by atoms with Crippen molar-refractivity contribution < 1.29 is 0 Å². The van der Waals surface area contributed by atoms with Crippen molar-refractivity contribution in [3.63, 3.8) is 0 Å². The number of hydrogen-bond donors (Lipinski definition) is 1. The Bertz CT molecular complexity index is 791. The Balaban J connectivity index is 1.73. The number of rotatable bonds is 2. The van der Waals surface area contributed by atoms with Gasteiger partial charge in [0.2, 0.25) is 0 Å².